The van der Waals surface area contributed by atoms with Gasteiger partial charge in [-0.05, 0) is 30.0 Å². The molecule has 0 radical (unpaired) electrons. The van der Waals surface area contributed by atoms with E-state index >= 15 is 0 Å². The van der Waals surface area contributed by atoms with Crippen LogP contribution in [0, 0.1) is 10.1 Å². The number of nitrogens with one attached hydrogen (secondary N) is 1. The Morgan fingerprint density at radius 1 is 1.09 bits per heavy atom. The van der Waals surface area contributed by atoms with E-state index < -0.39 is 27.8 Å². The molecule has 0 saturated heterocycles. The van der Waals surface area contributed by atoms with Crippen molar-refractivity contribution in [1.82, 2.24) is 0 Å². The number of hydrogen-bond donors (Lipinski definition) is 1. The molecule has 114 valence electrons. The molecule has 2 rings (SSSR count). The summed E-state index contributed by atoms with van der Waals surface area (Å²) in [4.78, 5) is 22.0. The summed E-state index contributed by atoms with van der Waals surface area (Å²) < 4.78 is 0. The average molecular weight is 361 g/mol. The first-order valence-electron chi connectivity index (χ1n) is 5.71. The monoisotopic (exact) mass is 359 g/mol. The van der Waals surface area contributed by atoms with Gasteiger partial charge in [-0.2, -0.15) is 0 Å². The van der Waals surface area contributed by atoms with E-state index in [-0.39, 0.29) is 15.7 Å². The standard InChI is InChI=1S/C13H7Cl3N2O4/c14-6-1-2-9(16)10(4-6)17-13(20)8-3-7(15)5-11(12(8)19)18(21)22/h1-5,19H,(H,17,20)/p-1. The minimum atomic E-state index is -1.04. The molecule has 0 heterocycles. The number of benzene rings is 2. The van der Waals surface area contributed by atoms with Crippen LogP contribution in [0.4, 0.5) is 11.4 Å². The van der Waals surface area contributed by atoms with Crippen molar-refractivity contribution in [3.8, 4) is 5.75 Å². The Morgan fingerprint density at radius 2 is 1.77 bits per heavy atom. The maximum atomic E-state index is 12.1. The topological polar surface area (TPSA) is 95.3 Å². The van der Waals surface area contributed by atoms with Crippen LogP contribution in [0.25, 0.3) is 0 Å². The largest absolute Gasteiger partial charge is 0.867 e. The summed E-state index contributed by atoms with van der Waals surface area (Å²) in [5.74, 6) is -1.91. The van der Waals surface area contributed by atoms with Gasteiger partial charge in [0.25, 0.3) is 11.6 Å². The number of halogens is 3. The number of anilines is 1. The number of hydrogen-bond acceptors (Lipinski definition) is 4. The van der Waals surface area contributed by atoms with Crippen LogP contribution < -0.4 is 10.4 Å². The normalized spacial score (nSPS) is 10.3. The highest BCUT2D eigenvalue weighted by molar-refractivity contribution is 6.36. The summed E-state index contributed by atoms with van der Waals surface area (Å²) in [5.41, 5.74) is -1.08. The second-order valence-electron chi connectivity index (χ2n) is 4.14. The van der Waals surface area contributed by atoms with E-state index in [2.05, 4.69) is 5.32 Å². The molecule has 2 aromatic carbocycles. The zero-order chi connectivity index (χ0) is 16.4. The summed E-state index contributed by atoms with van der Waals surface area (Å²) in [6.07, 6.45) is 0. The van der Waals surface area contributed by atoms with E-state index in [0.717, 1.165) is 12.1 Å². The Morgan fingerprint density at radius 3 is 2.41 bits per heavy atom. The maximum absolute atomic E-state index is 12.1. The summed E-state index contributed by atoms with van der Waals surface area (Å²) in [6, 6.07) is 6.28. The first-order chi connectivity index (χ1) is 10.3. The molecule has 0 aliphatic heterocycles. The molecule has 1 N–H and O–H groups in total. The second-order valence-corrected chi connectivity index (χ2v) is 5.42. The summed E-state index contributed by atoms with van der Waals surface area (Å²) >= 11 is 17.4. The van der Waals surface area contributed by atoms with E-state index in [0.29, 0.717) is 5.02 Å². The van der Waals surface area contributed by atoms with Crippen LogP contribution in [0.2, 0.25) is 15.1 Å². The molecule has 2 aromatic rings. The van der Waals surface area contributed by atoms with Crippen molar-refractivity contribution < 1.29 is 14.8 Å². The van der Waals surface area contributed by atoms with Gasteiger partial charge in [0.15, 0.2) is 0 Å². The van der Waals surface area contributed by atoms with Gasteiger partial charge in [-0.25, -0.2) is 0 Å². The molecule has 0 atom stereocenters. The van der Waals surface area contributed by atoms with Gasteiger partial charge in [-0.15, -0.1) is 0 Å². The summed E-state index contributed by atoms with van der Waals surface area (Å²) in [7, 11) is 0. The SMILES string of the molecule is O=C(Nc1cc(Cl)ccc1Cl)c1cc(Cl)cc([N+](=O)[O-])c1[O-]. The fourth-order valence-corrected chi connectivity index (χ4v) is 2.22. The van der Waals surface area contributed by atoms with E-state index in [9.17, 15) is 20.0 Å². The number of nitrogens with zero attached hydrogens (tertiary/aromatic N) is 1. The van der Waals surface area contributed by atoms with Crippen LogP contribution in [0.15, 0.2) is 30.3 Å². The number of nitro benzene ring substituents is 1. The fraction of sp³-hybridized carbons (Fsp3) is 0. The lowest BCUT2D eigenvalue weighted by atomic mass is 10.1. The Hall–Kier alpha value is -2.02. The van der Waals surface area contributed by atoms with Crippen molar-refractivity contribution in [2.75, 3.05) is 5.32 Å². The third kappa shape index (κ3) is 3.41. The molecule has 1 amide bonds. The van der Waals surface area contributed by atoms with Crippen molar-refractivity contribution in [3.05, 3.63) is 61.1 Å². The third-order valence-corrected chi connectivity index (χ3v) is 3.43. The first-order valence-corrected chi connectivity index (χ1v) is 6.84. The molecule has 0 bridgehead atoms. The van der Waals surface area contributed by atoms with Crippen LogP contribution in [0.3, 0.4) is 0 Å². The number of amides is 1. The number of carbonyl (C=O) groups excluding carboxylic acids is 1. The molecule has 6 nitrogen and oxygen atoms in total. The maximum Gasteiger partial charge on any atom is 0.264 e. The van der Waals surface area contributed by atoms with Gasteiger partial charge in [0.1, 0.15) is 0 Å². The molecule has 0 aromatic heterocycles. The van der Waals surface area contributed by atoms with Crippen molar-refractivity contribution >= 4 is 52.1 Å². The number of carbonyl (C=O) groups is 1. The van der Waals surface area contributed by atoms with Crippen molar-refractivity contribution in [3.63, 3.8) is 0 Å². The Labute approximate surface area is 139 Å². The van der Waals surface area contributed by atoms with Gasteiger partial charge in [-0.1, -0.05) is 34.8 Å². The van der Waals surface area contributed by atoms with Crippen LogP contribution in [0.5, 0.6) is 5.75 Å². The Bertz CT molecular complexity index is 780. The zero-order valence-corrected chi connectivity index (χ0v) is 12.9. The van der Waals surface area contributed by atoms with E-state index in [1.807, 2.05) is 0 Å². The third-order valence-electron chi connectivity index (χ3n) is 2.65. The lowest BCUT2D eigenvalue weighted by molar-refractivity contribution is -0.398. The molecule has 0 aliphatic carbocycles. The van der Waals surface area contributed by atoms with Gasteiger partial charge in [0.2, 0.25) is 0 Å². The van der Waals surface area contributed by atoms with Crippen molar-refractivity contribution in [2.45, 2.75) is 0 Å². The summed E-state index contributed by atoms with van der Waals surface area (Å²) in [5, 5.41) is 25.5. The average Bonchev–Trinajstić information content (AvgIpc) is 2.44. The van der Waals surface area contributed by atoms with Crippen LogP contribution in [0.1, 0.15) is 10.4 Å². The quantitative estimate of drug-likeness (QED) is 0.663. The van der Waals surface area contributed by atoms with E-state index in [1.165, 1.54) is 18.2 Å². The van der Waals surface area contributed by atoms with Crippen LogP contribution in [-0.2, 0) is 0 Å². The number of nitro groups is 1. The smallest absolute Gasteiger partial charge is 0.264 e. The first kappa shape index (κ1) is 16.4. The lowest BCUT2D eigenvalue weighted by Gasteiger charge is -2.14. The zero-order valence-electron chi connectivity index (χ0n) is 10.6. The molecular formula is C13H6Cl3N2O4-. The molecular weight excluding hydrogens is 355 g/mol. The molecule has 0 aliphatic rings. The molecule has 0 fully saturated rings. The van der Waals surface area contributed by atoms with Crippen LogP contribution in [-0.4, -0.2) is 10.8 Å². The van der Waals surface area contributed by atoms with Gasteiger partial charge < -0.3 is 10.4 Å². The van der Waals surface area contributed by atoms with Gasteiger partial charge in [0, 0.05) is 21.7 Å². The lowest BCUT2D eigenvalue weighted by Crippen LogP contribution is -2.15. The fourth-order valence-electron chi connectivity index (χ4n) is 1.67. The highest BCUT2D eigenvalue weighted by atomic mass is 35.5. The highest BCUT2D eigenvalue weighted by Crippen LogP contribution is 2.32. The second kappa shape index (κ2) is 6.39. The van der Waals surface area contributed by atoms with Crippen molar-refractivity contribution in [2.24, 2.45) is 0 Å². The van der Waals surface area contributed by atoms with Crippen molar-refractivity contribution in [1.29, 1.82) is 0 Å². The minimum Gasteiger partial charge on any atom is -0.867 e. The van der Waals surface area contributed by atoms with Gasteiger partial charge >= 0.3 is 0 Å². The van der Waals surface area contributed by atoms with E-state index in [4.69, 9.17) is 34.8 Å². The van der Waals surface area contributed by atoms with Crippen LogP contribution >= 0.6 is 34.8 Å². The molecule has 0 spiro atoms. The Kier molecular flexibility index (Phi) is 4.75. The van der Waals surface area contributed by atoms with Gasteiger partial charge in [0.05, 0.1) is 15.6 Å². The molecule has 0 saturated carbocycles. The minimum absolute atomic E-state index is 0.103. The molecule has 22 heavy (non-hydrogen) atoms. The molecule has 9 heteroatoms. The highest BCUT2D eigenvalue weighted by Gasteiger charge is 2.18. The van der Waals surface area contributed by atoms with E-state index in [1.54, 1.807) is 0 Å². The van der Waals surface area contributed by atoms with Gasteiger partial charge in [-0.3, -0.25) is 14.9 Å². The Balaban J connectivity index is 2.42. The predicted octanol–water partition coefficient (Wildman–Crippen LogP) is 3.88. The number of rotatable bonds is 3. The summed E-state index contributed by atoms with van der Waals surface area (Å²) in [6.45, 7) is 0. The molecule has 0 unspecified atom stereocenters. The predicted molar refractivity (Wildman–Crippen MR) is 82.0 cm³/mol.